The van der Waals surface area contributed by atoms with Crippen molar-refractivity contribution in [3.63, 3.8) is 0 Å². The maximum Gasteiger partial charge on any atom is 0.0795 e. The molecule has 5 aromatic carbocycles. The van der Waals surface area contributed by atoms with Gasteiger partial charge in [0.25, 0.3) is 0 Å². The normalized spacial score (nSPS) is 11.7. The first-order valence-electron chi connectivity index (χ1n) is 17.5. The molecule has 0 aliphatic rings. The molecule has 5 heteroatoms. The summed E-state index contributed by atoms with van der Waals surface area (Å²) in [5.41, 5.74) is 9.76. The predicted molar refractivity (Wildman–Crippen MR) is 218 cm³/mol. The van der Waals surface area contributed by atoms with E-state index in [0.717, 1.165) is 28.1 Å². The average Bonchev–Trinajstić information content (AvgIpc) is 3.54. The monoisotopic (exact) mass is 874 g/mol. The van der Waals surface area contributed by atoms with Crippen molar-refractivity contribution in [2.24, 2.45) is 0 Å². The van der Waals surface area contributed by atoms with Gasteiger partial charge in [-0.1, -0.05) is 135 Å². The fraction of sp³-hybridized carbons (Fsp3) is 0.130. The standard InChI is InChI=1S/C32H24NS.C14H16NSi.Ir/c1-21(2)25-17-18-33-30(19-25)26-15-16-28-29-10-6-9-27(32(29)34-31(28)20-26)24-13-11-23(12-14-24)22-7-4-3-5-8-22;1-16(2,3)13-9-10-14(15-11-13)12-7-5-4-6-8-12;/h3-14,16-21H,1-2H3;4-7,9-11H,1-3H3;/q2*-1;/i21D;;. The van der Waals surface area contributed by atoms with E-state index in [9.17, 15) is 0 Å². The summed E-state index contributed by atoms with van der Waals surface area (Å²) in [5, 5.41) is 3.87. The van der Waals surface area contributed by atoms with Gasteiger partial charge < -0.3 is 9.97 Å². The number of rotatable bonds is 6. The number of nitrogens with zero attached hydrogens (tertiary/aromatic N) is 2. The molecule has 0 N–H and O–H groups in total. The Morgan fingerprint density at radius 1 is 0.667 bits per heavy atom. The first-order valence-corrected chi connectivity index (χ1v) is 21.3. The van der Waals surface area contributed by atoms with Gasteiger partial charge in [-0.3, -0.25) is 0 Å². The Morgan fingerprint density at radius 3 is 2.10 bits per heavy atom. The van der Waals surface area contributed by atoms with Crippen LogP contribution in [-0.4, -0.2) is 18.0 Å². The molecule has 0 unspecified atom stereocenters. The summed E-state index contributed by atoms with van der Waals surface area (Å²) in [5.74, 6) is -0.662. The molecule has 8 aromatic rings. The van der Waals surface area contributed by atoms with E-state index < -0.39 is 14.0 Å². The average molecular weight is 874 g/mol. The Hall–Kier alpha value is -4.51. The summed E-state index contributed by atoms with van der Waals surface area (Å²) in [6, 6.07) is 53.0. The molecule has 1 radical (unpaired) electrons. The van der Waals surface area contributed by atoms with Crippen LogP contribution < -0.4 is 5.19 Å². The molecular weight excluding hydrogens is 833 g/mol. The molecule has 2 nitrogen and oxygen atoms in total. The van der Waals surface area contributed by atoms with Crippen molar-refractivity contribution >= 4 is 44.8 Å². The SMILES string of the molecule is C[Si](C)(C)c1ccc(-c2[c-]cccc2)nc1.[2H]C(C)(C)c1ccnc(-c2[c-]cc3c(c2)sc2c(-c4ccc(-c5ccccc5)cc4)cccc23)c1.[Ir]. The Kier molecular flexibility index (Phi) is 10.8. The van der Waals surface area contributed by atoms with Gasteiger partial charge in [0.15, 0.2) is 0 Å². The van der Waals surface area contributed by atoms with E-state index in [1.54, 1.807) is 6.20 Å². The molecule has 51 heavy (non-hydrogen) atoms. The van der Waals surface area contributed by atoms with Crippen molar-refractivity contribution in [3.05, 3.63) is 164 Å². The van der Waals surface area contributed by atoms with Gasteiger partial charge in [-0.25, -0.2) is 0 Å². The Bertz CT molecular complexity index is 2410. The van der Waals surface area contributed by atoms with E-state index >= 15 is 0 Å². The van der Waals surface area contributed by atoms with Crippen LogP contribution in [0.15, 0.2) is 146 Å². The largest absolute Gasteiger partial charge is 0.305 e. The predicted octanol–water partition coefficient (Wildman–Crippen LogP) is 12.5. The van der Waals surface area contributed by atoms with Crippen molar-refractivity contribution in [3.8, 4) is 44.8 Å². The molecule has 3 heterocycles. The number of pyridine rings is 2. The van der Waals surface area contributed by atoms with Gasteiger partial charge in [0.1, 0.15) is 0 Å². The van der Waals surface area contributed by atoms with Crippen LogP contribution in [0, 0.1) is 12.1 Å². The summed E-state index contributed by atoms with van der Waals surface area (Å²) in [6.07, 6.45) is 3.81. The summed E-state index contributed by atoms with van der Waals surface area (Å²) in [4.78, 5) is 9.09. The zero-order chi connectivity index (χ0) is 35.6. The third kappa shape index (κ3) is 8.19. The van der Waals surface area contributed by atoms with Gasteiger partial charge in [-0.15, -0.1) is 59.7 Å². The van der Waals surface area contributed by atoms with Crippen LogP contribution in [0.5, 0.6) is 0 Å². The fourth-order valence-corrected chi connectivity index (χ4v) is 8.32. The molecule has 0 atom stereocenters. The maximum absolute atomic E-state index is 8.37. The van der Waals surface area contributed by atoms with Crippen LogP contribution in [0.1, 0.15) is 26.7 Å². The second-order valence-electron chi connectivity index (χ2n) is 13.7. The minimum absolute atomic E-state index is 0. The van der Waals surface area contributed by atoms with Crippen LogP contribution in [0.4, 0.5) is 0 Å². The molecule has 255 valence electrons. The zero-order valence-electron chi connectivity index (χ0n) is 30.5. The molecular formula is C46H40IrN2SSi-2. The van der Waals surface area contributed by atoms with Crippen LogP contribution >= 0.6 is 11.3 Å². The number of hydrogen-bond acceptors (Lipinski definition) is 3. The molecule has 3 aromatic heterocycles. The molecule has 0 amide bonds. The van der Waals surface area contributed by atoms with Crippen molar-refractivity contribution in [1.82, 2.24) is 9.97 Å². The molecule has 0 aliphatic carbocycles. The topological polar surface area (TPSA) is 25.8 Å². The Morgan fingerprint density at radius 2 is 1.41 bits per heavy atom. The van der Waals surface area contributed by atoms with E-state index in [1.165, 1.54) is 47.6 Å². The number of aromatic nitrogens is 2. The number of benzene rings is 5. The van der Waals surface area contributed by atoms with Gasteiger partial charge in [0, 0.05) is 38.6 Å². The summed E-state index contributed by atoms with van der Waals surface area (Å²) in [6.45, 7) is 10.8. The van der Waals surface area contributed by atoms with Crippen LogP contribution in [0.25, 0.3) is 64.9 Å². The van der Waals surface area contributed by atoms with Crippen molar-refractivity contribution in [2.75, 3.05) is 0 Å². The molecule has 8 rings (SSSR count). The number of fused-ring (bicyclic) bond motifs is 3. The van der Waals surface area contributed by atoms with Gasteiger partial charge in [0.2, 0.25) is 0 Å². The van der Waals surface area contributed by atoms with E-state index in [-0.39, 0.29) is 20.1 Å². The van der Waals surface area contributed by atoms with Gasteiger partial charge in [-0.2, -0.15) is 11.3 Å². The van der Waals surface area contributed by atoms with E-state index in [4.69, 9.17) is 1.37 Å². The summed E-state index contributed by atoms with van der Waals surface area (Å²) in [7, 11) is -1.23. The maximum atomic E-state index is 8.37. The second-order valence-corrected chi connectivity index (χ2v) is 19.9. The van der Waals surface area contributed by atoms with Gasteiger partial charge >= 0.3 is 0 Å². The Balaban J connectivity index is 0.000000230. The third-order valence-electron chi connectivity index (χ3n) is 8.96. The molecule has 0 bridgehead atoms. The van der Waals surface area contributed by atoms with Crippen molar-refractivity contribution in [2.45, 2.75) is 39.4 Å². The van der Waals surface area contributed by atoms with Crippen LogP contribution in [0.2, 0.25) is 19.6 Å². The third-order valence-corrected chi connectivity index (χ3v) is 12.2. The quantitative estimate of drug-likeness (QED) is 0.123. The molecule has 0 spiro atoms. The van der Waals surface area contributed by atoms with E-state index in [1.807, 2.05) is 73.8 Å². The number of thiophene rings is 1. The first kappa shape index (κ1) is 34.9. The molecule has 0 fully saturated rings. The Labute approximate surface area is 322 Å². The molecule has 0 saturated carbocycles. The van der Waals surface area contributed by atoms with Gasteiger partial charge in [0.05, 0.1) is 8.07 Å². The van der Waals surface area contributed by atoms with E-state index in [0.29, 0.717) is 0 Å². The van der Waals surface area contributed by atoms with Gasteiger partial charge in [-0.05, 0) is 60.9 Å². The second kappa shape index (κ2) is 15.8. The number of hydrogen-bond donors (Lipinski definition) is 0. The minimum atomic E-state index is -1.23. The summed E-state index contributed by atoms with van der Waals surface area (Å²) >= 11 is 1.82. The first-order chi connectivity index (χ1) is 24.5. The van der Waals surface area contributed by atoms with Crippen LogP contribution in [-0.2, 0) is 20.1 Å². The van der Waals surface area contributed by atoms with E-state index in [2.05, 4.69) is 133 Å². The molecule has 0 aliphatic heterocycles. The summed E-state index contributed by atoms with van der Waals surface area (Å²) < 4.78 is 10.9. The van der Waals surface area contributed by atoms with Crippen LogP contribution in [0.3, 0.4) is 0 Å². The molecule has 0 saturated heterocycles. The van der Waals surface area contributed by atoms with Crippen molar-refractivity contribution in [1.29, 1.82) is 0 Å². The smallest absolute Gasteiger partial charge is 0.0795 e. The minimum Gasteiger partial charge on any atom is -0.305 e. The zero-order valence-corrected chi connectivity index (χ0v) is 33.7. The fourth-order valence-electron chi connectivity index (χ4n) is 6.02. The van der Waals surface area contributed by atoms with Crippen molar-refractivity contribution < 1.29 is 21.5 Å².